The molecule has 100 valence electrons. The molecular formula is C12H23NO4. The van der Waals surface area contributed by atoms with Crippen molar-refractivity contribution in [2.24, 2.45) is 0 Å². The molecule has 17 heavy (non-hydrogen) atoms. The van der Waals surface area contributed by atoms with E-state index in [-0.39, 0.29) is 24.3 Å². The first-order valence-electron chi connectivity index (χ1n) is 6.04. The maximum absolute atomic E-state index is 11.0. The Morgan fingerprint density at radius 1 is 1.59 bits per heavy atom. The van der Waals surface area contributed by atoms with Crippen molar-refractivity contribution in [3.8, 4) is 0 Å². The van der Waals surface area contributed by atoms with Crippen LogP contribution in [0.5, 0.6) is 0 Å². The number of esters is 1. The van der Waals surface area contributed by atoms with E-state index in [9.17, 15) is 4.79 Å². The number of hydrogen-bond acceptors (Lipinski definition) is 5. The fraction of sp³-hybridized carbons (Fsp3) is 0.917. The van der Waals surface area contributed by atoms with Crippen molar-refractivity contribution in [3.63, 3.8) is 0 Å². The molecule has 0 aromatic rings. The number of methoxy groups -OCH3 is 1. The van der Waals surface area contributed by atoms with Gasteiger partial charge >= 0.3 is 5.97 Å². The van der Waals surface area contributed by atoms with Crippen molar-refractivity contribution in [2.75, 3.05) is 33.4 Å². The molecule has 1 fully saturated rings. The molecule has 1 saturated heterocycles. The number of hydrogen-bond donors (Lipinski definition) is 1. The van der Waals surface area contributed by atoms with Gasteiger partial charge in [-0.15, -0.1) is 0 Å². The minimum Gasteiger partial charge on any atom is -0.469 e. The van der Waals surface area contributed by atoms with Crippen LogP contribution in [0.2, 0.25) is 0 Å². The van der Waals surface area contributed by atoms with Crippen LogP contribution in [0.1, 0.15) is 26.7 Å². The average molecular weight is 245 g/mol. The first kappa shape index (κ1) is 14.4. The molecule has 0 aromatic heterocycles. The number of aliphatic hydroxyl groups is 1. The van der Waals surface area contributed by atoms with Crippen LogP contribution in [0.25, 0.3) is 0 Å². The maximum Gasteiger partial charge on any atom is 0.305 e. The Labute approximate surface area is 103 Å². The molecule has 5 heteroatoms. The maximum atomic E-state index is 11.0. The third-order valence-electron chi connectivity index (χ3n) is 2.84. The zero-order valence-corrected chi connectivity index (χ0v) is 10.9. The second kappa shape index (κ2) is 6.33. The van der Waals surface area contributed by atoms with Crippen LogP contribution in [0.15, 0.2) is 0 Å². The van der Waals surface area contributed by atoms with Crippen molar-refractivity contribution >= 4 is 5.97 Å². The van der Waals surface area contributed by atoms with Gasteiger partial charge in [-0.2, -0.15) is 0 Å². The second-order valence-electron chi connectivity index (χ2n) is 5.10. The summed E-state index contributed by atoms with van der Waals surface area (Å²) in [6.45, 7) is 6.45. The van der Waals surface area contributed by atoms with Crippen molar-refractivity contribution < 1.29 is 19.4 Å². The molecule has 1 atom stereocenters. The van der Waals surface area contributed by atoms with Crippen LogP contribution in [-0.2, 0) is 14.3 Å². The molecule has 0 aromatic carbocycles. The summed E-state index contributed by atoms with van der Waals surface area (Å²) >= 11 is 0. The molecule has 0 aliphatic carbocycles. The summed E-state index contributed by atoms with van der Waals surface area (Å²) < 4.78 is 10.3. The van der Waals surface area contributed by atoms with E-state index in [0.717, 1.165) is 26.1 Å². The minimum atomic E-state index is -0.239. The second-order valence-corrected chi connectivity index (χ2v) is 5.10. The number of nitrogens with zero attached hydrogens (tertiary/aromatic N) is 1. The Hall–Kier alpha value is -0.650. The number of aliphatic hydroxyl groups excluding tert-OH is 1. The lowest BCUT2D eigenvalue weighted by molar-refractivity contribution is -0.149. The van der Waals surface area contributed by atoms with Crippen LogP contribution in [0.3, 0.4) is 0 Å². The Bertz CT molecular complexity index is 255. The number of morpholine rings is 1. The summed E-state index contributed by atoms with van der Waals surface area (Å²) in [7, 11) is 1.40. The van der Waals surface area contributed by atoms with Crippen molar-refractivity contribution in [3.05, 3.63) is 0 Å². The van der Waals surface area contributed by atoms with E-state index in [1.165, 1.54) is 7.11 Å². The molecule has 5 nitrogen and oxygen atoms in total. The van der Waals surface area contributed by atoms with Crippen LogP contribution < -0.4 is 0 Å². The average Bonchev–Trinajstić information content (AvgIpc) is 2.26. The van der Waals surface area contributed by atoms with Gasteiger partial charge in [-0.05, 0) is 26.8 Å². The van der Waals surface area contributed by atoms with Crippen LogP contribution in [0.4, 0.5) is 0 Å². The summed E-state index contributed by atoms with van der Waals surface area (Å²) in [5.74, 6) is -0.170. The Kier molecular flexibility index (Phi) is 5.36. The Morgan fingerprint density at radius 3 is 2.88 bits per heavy atom. The van der Waals surface area contributed by atoms with E-state index in [0.29, 0.717) is 6.42 Å². The van der Waals surface area contributed by atoms with E-state index in [1.54, 1.807) is 0 Å². The highest BCUT2D eigenvalue weighted by molar-refractivity contribution is 5.69. The van der Waals surface area contributed by atoms with Crippen LogP contribution >= 0.6 is 0 Å². The topological polar surface area (TPSA) is 59.0 Å². The molecule has 1 aliphatic heterocycles. The number of carbonyl (C=O) groups is 1. The zero-order chi connectivity index (χ0) is 12.9. The molecule has 0 bridgehead atoms. The predicted octanol–water partition coefficient (Wildman–Crippen LogP) is 0.411. The van der Waals surface area contributed by atoms with Crippen LogP contribution in [0, 0.1) is 0 Å². The highest BCUT2D eigenvalue weighted by Crippen LogP contribution is 2.21. The zero-order valence-electron chi connectivity index (χ0n) is 10.9. The fourth-order valence-corrected chi connectivity index (χ4v) is 2.23. The molecule has 1 unspecified atom stereocenters. The van der Waals surface area contributed by atoms with Gasteiger partial charge in [-0.1, -0.05) is 0 Å². The molecule has 0 amide bonds. The Balaban J connectivity index is 2.34. The SMILES string of the molecule is COC(=O)CCCN1CC(CO)OC(C)(C)C1. The van der Waals surface area contributed by atoms with Gasteiger partial charge in [0, 0.05) is 19.5 Å². The lowest BCUT2D eigenvalue weighted by Crippen LogP contribution is -2.53. The van der Waals surface area contributed by atoms with Crippen LogP contribution in [-0.4, -0.2) is 61.0 Å². The van der Waals surface area contributed by atoms with E-state index >= 15 is 0 Å². The Morgan fingerprint density at radius 2 is 2.29 bits per heavy atom. The lowest BCUT2D eigenvalue weighted by atomic mass is 10.0. The predicted molar refractivity (Wildman–Crippen MR) is 63.7 cm³/mol. The van der Waals surface area contributed by atoms with E-state index in [1.807, 2.05) is 13.8 Å². The van der Waals surface area contributed by atoms with Gasteiger partial charge in [0.05, 0.1) is 25.4 Å². The highest BCUT2D eigenvalue weighted by atomic mass is 16.5. The highest BCUT2D eigenvalue weighted by Gasteiger charge is 2.32. The number of rotatable bonds is 5. The smallest absolute Gasteiger partial charge is 0.305 e. The summed E-state index contributed by atoms with van der Waals surface area (Å²) in [4.78, 5) is 13.2. The molecule has 0 radical (unpaired) electrons. The number of carbonyl (C=O) groups excluding carboxylic acids is 1. The molecule has 1 heterocycles. The molecule has 0 spiro atoms. The molecular weight excluding hydrogens is 222 g/mol. The lowest BCUT2D eigenvalue weighted by Gasteiger charge is -2.42. The summed E-state index contributed by atoms with van der Waals surface area (Å²) in [6, 6.07) is 0. The number of ether oxygens (including phenoxy) is 2. The fourth-order valence-electron chi connectivity index (χ4n) is 2.23. The molecule has 0 saturated carbocycles. The minimum absolute atomic E-state index is 0.0386. The third-order valence-corrected chi connectivity index (χ3v) is 2.84. The molecule has 1 rings (SSSR count). The standard InChI is InChI=1S/C12H23NO4/c1-12(2)9-13(7-10(8-14)17-12)6-4-5-11(15)16-3/h10,14H,4-9H2,1-3H3. The van der Waals surface area contributed by atoms with E-state index in [4.69, 9.17) is 9.84 Å². The monoisotopic (exact) mass is 245 g/mol. The van der Waals surface area contributed by atoms with Gasteiger partial charge in [-0.3, -0.25) is 9.69 Å². The largest absolute Gasteiger partial charge is 0.469 e. The van der Waals surface area contributed by atoms with E-state index < -0.39 is 0 Å². The van der Waals surface area contributed by atoms with Gasteiger partial charge in [0.2, 0.25) is 0 Å². The first-order chi connectivity index (χ1) is 7.96. The van der Waals surface area contributed by atoms with E-state index in [2.05, 4.69) is 9.64 Å². The van der Waals surface area contributed by atoms with Gasteiger partial charge in [-0.25, -0.2) is 0 Å². The van der Waals surface area contributed by atoms with Crippen molar-refractivity contribution in [2.45, 2.75) is 38.4 Å². The summed E-state index contributed by atoms with van der Waals surface area (Å²) in [5, 5.41) is 9.17. The van der Waals surface area contributed by atoms with Gasteiger partial charge in [0.1, 0.15) is 0 Å². The van der Waals surface area contributed by atoms with Crippen molar-refractivity contribution in [1.29, 1.82) is 0 Å². The van der Waals surface area contributed by atoms with Crippen molar-refractivity contribution in [1.82, 2.24) is 4.90 Å². The molecule has 1 N–H and O–H groups in total. The normalized spacial score (nSPS) is 24.6. The van der Waals surface area contributed by atoms with Gasteiger partial charge in [0.15, 0.2) is 0 Å². The first-order valence-corrected chi connectivity index (χ1v) is 6.04. The summed E-state index contributed by atoms with van der Waals surface area (Å²) in [5.41, 5.74) is -0.239. The summed E-state index contributed by atoms with van der Waals surface area (Å²) in [6.07, 6.45) is 1.09. The van der Waals surface area contributed by atoms with Gasteiger partial charge in [0.25, 0.3) is 0 Å². The molecule has 1 aliphatic rings. The third kappa shape index (κ3) is 5.02. The van der Waals surface area contributed by atoms with Gasteiger partial charge < -0.3 is 14.6 Å². The quantitative estimate of drug-likeness (QED) is 0.711.